The lowest BCUT2D eigenvalue weighted by Gasteiger charge is -2.19. The van der Waals surface area contributed by atoms with E-state index in [1.807, 2.05) is 0 Å². The smallest absolute Gasteiger partial charge is 0.330 e. The Hall–Kier alpha value is -3.18. The zero-order chi connectivity index (χ0) is 27.9. The molecule has 3 aromatic rings. The minimum absolute atomic E-state index is 0.0611. The topological polar surface area (TPSA) is 117 Å². The summed E-state index contributed by atoms with van der Waals surface area (Å²) in [7, 11) is 0. The molecule has 1 fully saturated rings. The second kappa shape index (κ2) is 13.3. The minimum Gasteiger partial charge on any atom is -0.463 e. The third kappa shape index (κ3) is 7.48. The van der Waals surface area contributed by atoms with Crippen LogP contribution in [-0.2, 0) is 36.6 Å². The van der Waals surface area contributed by atoms with Crippen LogP contribution in [0.1, 0.15) is 29.3 Å². The van der Waals surface area contributed by atoms with Gasteiger partial charge >= 0.3 is 17.6 Å². The highest BCUT2D eigenvalue weighted by molar-refractivity contribution is 9.11. The van der Waals surface area contributed by atoms with E-state index >= 15 is 0 Å². The van der Waals surface area contributed by atoms with Crippen LogP contribution in [0.5, 0.6) is 0 Å². The summed E-state index contributed by atoms with van der Waals surface area (Å²) in [4.78, 5) is 53.7. The van der Waals surface area contributed by atoms with Crippen LogP contribution in [0.4, 0.5) is 0 Å². The fourth-order valence-corrected chi connectivity index (χ4v) is 4.77. The lowest BCUT2D eigenvalue weighted by atomic mass is 10.1. The molecule has 3 atom stereocenters. The number of nitrogens with zero attached hydrogens (tertiary/aromatic N) is 1. The van der Waals surface area contributed by atoms with E-state index in [2.05, 4.69) is 20.9 Å². The number of hydrogen-bond acceptors (Lipinski definition) is 7. The summed E-state index contributed by atoms with van der Waals surface area (Å²) in [6.07, 6.45) is 0.109. The first-order valence-corrected chi connectivity index (χ1v) is 13.5. The minimum atomic E-state index is -0.901. The van der Waals surface area contributed by atoms with Crippen molar-refractivity contribution in [3.05, 3.63) is 107 Å². The number of esters is 2. The number of aromatic nitrogens is 2. The lowest BCUT2D eigenvalue weighted by Crippen LogP contribution is -2.34. The maximum Gasteiger partial charge on any atom is 0.330 e. The van der Waals surface area contributed by atoms with Gasteiger partial charge in [-0.15, -0.1) is 0 Å². The van der Waals surface area contributed by atoms with E-state index in [0.717, 1.165) is 0 Å². The molecule has 0 aliphatic carbocycles. The van der Waals surface area contributed by atoms with Crippen molar-refractivity contribution in [3.63, 3.8) is 0 Å². The molecule has 12 heteroatoms. The number of benzene rings is 2. The van der Waals surface area contributed by atoms with Gasteiger partial charge in [0.2, 0.25) is 0 Å². The van der Waals surface area contributed by atoms with Crippen LogP contribution in [-0.4, -0.2) is 40.3 Å². The quantitative estimate of drug-likeness (QED) is 0.345. The first-order valence-electron chi connectivity index (χ1n) is 11.8. The molecule has 0 spiro atoms. The zero-order valence-electron chi connectivity index (χ0n) is 20.4. The highest BCUT2D eigenvalue weighted by atomic mass is 79.9. The molecule has 1 unspecified atom stereocenters. The number of H-pyrrole nitrogens is 1. The molecule has 0 amide bonds. The molecule has 0 radical (unpaired) electrons. The summed E-state index contributed by atoms with van der Waals surface area (Å²) >= 11 is 15.4. The number of carbonyl (C=O) groups excluding carboxylic acids is 2. The number of halogens is 3. The van der Waals surface area contributed by atoms with Gasteiger partial charge < -0.3 is 14.2 Å². The summed E-state index contributed by atoms with van der Waals surface area (Å²) in [5.41, 5.74) is 0.124. The SMILES string of the molecule is O=C(Cc1ccccc1Cl)OC[C@@H]1O[C@H](n2cc(/C=C/Br)c(=O)[nH]c2=O)CC1OC(=O)Cc1ccccc1Cl. The van der Waals surface area contributed by atoms with E-state index < -0.39 is 41.6 Å². The number of carbonyl (C=O) groups is 2. The van der Waals surface area contributed by atoms with Gasteiger partial charge in [0, 0.05) is 22.7 Å². The molecule has 0 saturated carbocycles. The predicted molar refractivity (Wildman–Crippen MR) is 149 cm³/mol. The molecule has 2 aromatic carbocycles. The molecule has 1 saturated heterocycles. The van der Waals surface area contributed by atoms with E-state index in [9.17, 15) is 19.2 Å². The molecule has 4 rings (SSSR count). The van der Waals surface area contributed by atoms with Crippen LogP contribution < -0.4 is 11.2 Å². The second-order valence-electron chi connectivity index (χ2n) is 8.66. The molecule has 0 bridgehead atoms. The average molecular weight is 638 g/mol. The van der Waals surface area contributed by atoms with E-state index in [-0.39, 0.29) is 31.4 Å². The summed E-state index contributed by atoms with van der Waals surface area (Å²) in [5.74, 6) is -1.12. The van der Waals surface area contributed by atoms with Crippen molar-refractivity contribution in [2.45, 2.75) is 37.7 Å². The summed E-state index contributed by atoms with van der Waals surface area (Å²) in [5, 5.41) is 0.857. The van der Waals surface area contributed by atoms with Gasteiger partial charge in [-0.05, 0) is 34.3 Å². The Kier molecular flexibility index (Phi) is 9.79. The predicted octanol–water partition coefficient (Wildman–Crippen LogP) is 4.44. The lowest BCUT2D eigenvalue weighted by molar-refractivity contribution is -0.157. The third-order valence-electron chi connectivity index (χ3n) is 6.01. The van der Waals surface area contributed by atoms with Gasteiger partial charge in [0.15, 0.2) is 0 Å². The Balaban J connectivity index is 1.51. The van der Waals surface area contributed by atoms with Gasteiger partial charge in [0.1, 0.15) is 25.0 Å². The fraction of sp³-hybridized carbons (Fsp3) is 0.259. The standard InChI is InChI=1S/C27H23BrCl2N2O7/c28-10-9-18-14-32(27(36)31-26(18)35)23-13-21(39-25(34)12-17-6-2-4-8-20(17)30)22(38-23)15-37-24(33)11-16-5-1-3-7-19(16)29/h1-10,14,21-23H,11-13,15H2,(H,31,35,36)/b10-9+/t21?,22-,23-/m0/s1. The van der Waals surface area contributed by atoms with Crippen LogP contribution in [0.3, 0.4) is 0 Å². The van der Waals surface area contributed by atoms with Crippen LogP contribution in [0.2, 0.25) is 10.0 Å². The van der Waals surface area contributed by atoms with E-state index in [4.69, 9.17) is 37.4 Å². The molecule has 1 aliphatic rings. The van der Waals surface area contributed by atoms with E-state index in [0.29, 0.717) is 21.2 Å². The number of ether oxygens (including phenoxy) is 3. The van der Waals surface area contributed by atoms with Crippen molar-refractivity contribution in [2.24, 2.45) is 0 Å². The average Bonchev–Trinajstić information content (AvgIpc) is 3.29. The third-order valence-corrected chi connectivity index (χ3v) is 7.01. The second-order valence-corrected chi connectivity index (χ2v) is 10.00. The summed E-state index contributed by atoms with van der Waals surface area (Å²) < 4.78 is 18.3. The highest BCUT2D eigenvalue weighted by Gasteiger charge is 2.40. The van der Waals surface area contributed by atoms with Gasteiger partial charge in [-0.2, -0.15) is 0 Å². The van der Waals surface area contributed by atoms with Gasteiger partial charge in [0.05, 0.1) is 18.4 Å². The molecule has 204 valence electrons. The van der Waals surface area contributed by atoms with Crippen LogP contribution >= 0.6 is 39.1 Å². The maximum absolute atomic E-state index is 12.8. The monoisotopic (exact) mass is 636 g/mol. The van der Waals surface area contributed by atoms with E-state index in [1.165, 1.54) is 21.8 Å². The molecule has 39 heavy (non-hydrogen) atoms. The Morgan fingerprint density at radius 3 is 2.26 bits per heavy atom. The molecular weight excluding hydrogens is 615 g/mol. The van der Waals surface area contributed by atoms with E-state index in [1.54, 1.807) is 48.5 Å². The molecule has 2 heterocycles. The Morgan fingerprint density at radius 1 is 1.03 bits per heavy atom. The van der Waals surface area contributed by atoms with Gasteiger partial charge in [0.25, 0.3) is 5.56 Å². The number of aromatic amines is 1. The van der Waals surface area contributed by atoms with Crippen LogP contribution in [0, 0.1) is 0 Å². The van der Waals surface area contributed by atoms with Crippen LogP contribution in [0.15, 0.2) is 69.3 Å². The Bertz CT molecular complexity index is 1500. The van der Waals surface area contributed by atoms with Gasteiger partial charge in [-0.1, -0.05) is 75.5 Å². The fourth-order valence-electron chi connectivity index (χ4n) is 4.08. The van der Waals surface area contributed by atoms with Crippen molar-refractivity contribution < 1.29 is 23.8 Å². The molecule has 1 aromatic heterocycles. The first-order chi connectivity index (χ1) is 18.7. The van der Waals surface area contributed by atoms with Crippen molar-refractivity contribution in [1.29, 1.82) is 0 Å². The summed E-state index contributed by atoms with van der Waals surface area (Å²) in [6.45, 7) is -0.240. The first kappa shape index (κ1) is 28.8. The molecular formula is C27H23BrCl2N2O7. The molecule has 1 N–H and O–H groups in total. The van der Waals surface area contributed by atoms with Crippen molar-refractivity contribution in [3.8, 4) is 0 Å². The van der Waals surface area contributed by atoms with Gasteiger partial charge in [-0.3, -0.25) is 23.9 Å². The molecule has 9 nitrogen and oxygen atoms in total. The normalized spacial score (nSPS) is 18.8. The Labute approximate surface area is 241 Å². The van der Waals surface area contributed by atoms with Crippen molar-refractivity contribution in [2.75, 3.05) is 6.61 Å². The van der Waals surface area contributed by atoms with Gasteiger partial charge in [-0.25, -0.2) is 4.79 Å². The molecule has 1 aliphatic heterocycles. The highest BCUT2D eigenvalue weighted by Crippen LogP contribution is 2.31. The number of nitrogens with one attached hydrogen (secondary N) is 1. The Morgan fingerprint density at radius 2 is 1.64 bits per heavy atom. The number of rotatable bonds is 9. The van der Waals surface area contributed by atoms with Crippen LogP contribution in [0.25, 0.3) is 6.08 Å². The maximum atomic E-state index is 12.8. The number of hydrogen-bond donors (Lipinski definition) is 1. The zero-order valence-corrected chi connectivity index (χ0v) is 23.4. The van der Waals surface area contributed by atoms with Crippen molar-refractivity contribution in [1.82, 2.24) is 9.55 Å². The summed E-state index contributed by atoms with van der Waals surface area (Å²) in [6, 6.07) is 13.8. The van der Waals surface area contributed by atoms with Crippen molar-refractivity contribution >= 4 is 57.1 Å². The largest absolute Gasteiger partial charge is 0.463 e.